The normalized spacial score (nSPS) is 10.9. The Morgan fingerprint density at radius 1 is 0.667 bits per heavy atom. The van der Waals surface area contributed by atoms with Crippen LogP contribution in [0.4, 0.5) is 11.6 Å². The first kappa shape index (κ1) is 14.3. The summed E-state index contributed by atoms with van der Waals surface area (Å²) >= 11 is 0. The lowest BCUT2D eigenvalue weighted by atomic mass is 10.1. The van der Waals surface area contributed by atoms with Crippen LogP contribution in [0.25, 0.3) is 21.8 Å². The maximum atomic E-state index is 4.71. The Bertz CT molecular complexity index is 990. The molecule has 0 bridgehead atoms. The molecule has 0 aliphatic rings. The molecule has 6 nitrogen and oxygen atoms in total. The largest absolute Gasteiger partial charge is 0.297 e. The molecule has 0 aliphatic carbocycles. The van der Waals surface area contributed by atoms with Gasteiger partial charge in [-0.3, -0.25) is 10.9 Å². The first-order valence-electron chi connectivity index (χ1n) is 7.70. The molecule has 0 saturated carbocycles. The van der Waals surface area contributed by atoms with Gasteiger partial charge in [0.05, 0.1) is 28.1 Å². The summed E-state index contributed by atoms with van der Waals surface area (Å²) in [6.07, 6.45) is 0. The average Bonchev–Trinajstić information content (AvgIpc) is 2.61. The average molecular weight is 316 g/mol. The number of aryl methyl sites for hydroxylation is 2. The van der Waals surface area contributed by atoms with Crippen molar-refractivity contribution in [2.24, 2.45) is 0 Å². The van der Waals surface area contributed by atoms with Crippen LogP contribution in [0.2, 0.25) is 0 Å². The molecule has 24 heavy (non-hydrogen) atoms. The summed E-state index contributed by atoms with van der Waals surface area (Å²) < 4.78 is 0. The molecule has 0 saturated heterocycles. The van der Waals surface area contributed by atoms with Crippen molar-refractivity contribution < 1.29 is 0 Å². The van der Waals surface area contributed by atoms with Crippen molar-refractivity contribution in [1.29, 1.82) is 0 Å². The Morgan fingerprint density at radius 2 is 1.29 bits per heavy atom. The van der Waals surface area contributed by atoms with Gasteiger partial charge < -0.3 is 0 Å². The molecule has 4 rings (SSSR count). The lowest BCUT2D eigenvalue weighted by Gasteiger charge is -2.14. The smallest absolute Gasteiger partial charge is 0.261 e. The van der Waals surface area contributed by atoms with Crippen LogP contribution in [0.1, 0.15) is 11.4 Å². The summed E-state index contributed by atoms with van der Waals surface area (Å²) in [5.41, 5.74) is 10.8. The number of rotatable bonds is 3. The zero-order chi connectivity index (χ0) is 16.5. The van der Waals surface area contributed by atoms with E-state index in [9.17, 15) is 0 Å². The molecule has 4 aromatic rings. The van der Waals surface area contributed by atoms with Crippen molar-refractivity contribution in [2.45, 2.75) is 13.8 Å². The van der Waals surface area contributed by atoms with Crippen LogP contribution in [0, 0.1) is 13.8 Å². The maximum absolute atomic E-state index is 4.71. The zero-order valence-corrected chi connectivity index (χ0v) is 13.4. The number of pyridine rings is 1. The third-order valence-corrected chi connectivity index (χ3v) is 3.98. The SMILES string of the molecule is Cc1nnc(NNc2c3ccccc3nc3ccccc23)nc1C. The number of nitrogens with one attached hydrogen (secondary N) is 2. The van der Waals surface area contributed by atoms with Gasteiger partial charge in [-0.25, -0.2) is 9.97 Å². The van der Waals surface area contributed by atoms with Crippen LogP contribution in [0.5, 0.6) is 0 Å². The summed E-state index contributed by atoms with van der Waals surface area (Å²) in [5, 5.41) is 10.2. The van der Waals surface area contributed by atoms with Crippen LogP contribution < -0.4 is 10.9 Å². The van der Waals surface area contributed by atoms with Crippen molar-refractivity contribution in [2.75, 3.05) is 10.9 Å². The van der Waals surface area contributed by atoms with Crippen LogP contribution in [-0.4, -0.2) is 20.2 Å². The lowest BCUT2D eigenvalue weighted by molar-refractivity contribution is 0.899. The number of benzene rings is 2. The van der Waals surface area contributed by atoms with Crippen molar-refractivity contribution in [3.63, 3.8) is 0 Å². The molecule has 0 fully saturated rings. The summed E-state index contributed by atoms with van der Waals surface area (Å²) in [6, 6.07) is 16.0. The van der Waals surface area contributed by atoms with Gasteiger partial charge in [-0.1, -0.05) is 36.4 Å². The molecule has 2 aromatic carbocycles. The quantitative estimate of drug-likeness (QED) is 0.444. The number of nitrogens with zero attached hydrogens (tertiary/aromatic N) is 4. The highest BCUT2D eigenvalue weighted by atomic mass is 15.4. The minimum absolute atomic E-state index is 0.433. The molecular weight excluding hydrogens is 300 g/mol. The van der Waals surface area contributed by atoms with Gasteiger partial charge in [0.25, 0.3) is 5.95 Å². The fourth-order valence-corrected chi connectivity index (χ4v) is 2.60. The van der Waals surface area contributed by atoms with Crippen molar-refractivity contribution >= 4 is 33.4 Å². The van der Waals surface area contributed by atoms with Gasteiger partial charge in [-0.05, 0) is 26.0 Å². The van der Waals surface area contributed by atoms with E-state index in [-0.39, 0.29) is 0 Å². The molecule has 0 amide bonds. The monoisotopic (exact) mass is 316 g/mol. The molecular formula is C18H16N6. The first-order valence-corrected chi connectivity index (χ1v) is 7.70. The molecule has 2 N–H and O–H groups in total. The highest BCUT2D eigenvalue weighted by molar-refractivity contribution is 6.07. The number of hydrazine groups is 1. The second-order valence-corrected chi connectivity index (χ2v) is 5.58. The predicted octanol–water partition coefficient (Wildman–Crippen LogP) is 3.63. The number of fused-ring (bicyclic) bond motifs is 2. The Balaban J connectivity index is 1.80. The Morgan fingerprint density at radius 3 is 1.92 bits per heavy atom. The first-order chi connectivity index (χ1) is 11.7. The zero-order valence-electron chi connectivity index (χ0n) is 13.4. The minimum Gasteiger partial charge on any atom is -0.297 e. The van der Waals surface area contributed by atoms with E-state index in [2.05, 4.69) is 26.0 Å². The molecule has 0 atom stereocenters. The molecule has 0 unspecified atom stereocenters. The Labute approximate surface area is 138 Å². The van der Waals surface area contributed by atoms with E-state index in [1.54, 1.807) is 0 Å². The van der Waals surface area contributed by atoms with Gasteiger partial charge in [0.1, 0.15) is 0 Å². The molecule has 0 aliphatic heterocycles. The van der Waals surface area contributed by atoms with E-state index in [0.29, 0.717) is 5.95 Å². The second kappa shape index (κ2) is 5.73. The van der Waals surface area contributed by atoms with Crippen molar-refractivity contribution in [1.82, 2.24) is 20.2 Å². The molecule has 0 radical (unpaired) electrons. The van der Waals surface area contributed by atoms with Crippen LogP contribution in [-0.2, 0) is 0 Å². The predicted molar refractivity (Wildman–Crippen MR) is 95.8 cm³/mol. The standard InChI is InChI=1S/C18H16N6/c1-11-12(2)21-23-18(19-11)24-22-17-13-7-3-5-9-15(13)20-16-10-6-4-8-14(16)17/h3-10H,1-2H3,(H,20,22)(H,19,23,24). The van der Waals surface area contributed by atoms with E-state index < -0.39 is 0 Å². The van der Waals surface area contributed by atoms with Crippen LogP contribution in [0.15, 0.2) is 48.5 Å². The second-order valence-electron chi connectivity index (χ2n) is 5.58. The number of hydrogen-bond acceptors (Lipinski definition) is 6. The molecule has 0 spiro atoms. The third kappa shape index (κ3) is 2.48. The topological polar surface area (TPSA) is 75.6 Å². The van der Waals surface area contributed by atoms with E-state index in [1.165, 1.54) is 0 Å². The minimum atomic E-state index is 0.433. The van der Waals surface area contributed by atoms with E-state index in [0.717, 1.165) is 38.9 Å². The van der Waals surface area contributed by atoms with E-state index >= 15 is 0 Å². The number of aromatic nitrogens is 4. The number of hydrogen-bond donors (Lipinski definition) is 2. The summed E-state index contributed by atoms with van der Waals surface area (Å²) in [5.74, 6) is 0.433. The number of para-hydroxylation sites is 2. The van der Waals surface area contributed by atoms with Gasteiger partial charge in [0, 0.05) is 10.8 Å². The Kier molecular flexibility index (Phi) is 3.42. The van der Waals surface area contributed by atoms with E-state index in [1.807, 2.05) is 62.4 Å². The van der Waals surface area contributed by atoms with Gasteiger partial charge in [-0.15, -0.1) is 5.10 Å². The fourth-order valence-electron chi connectivity index (χ4n) is 2.60. The van der Waals surface area contributed by atoms with Gasteiger partial charge >= 0.3 is 0 Å². The Hall–Kier alpha value is -3.28. The summed E-state index contributed by atoms with van der Waals surface area (Å²) in [6.45, 7) is 3.79. The van der Waals surface area contributed by atoms with Gasteiger partial charge in [0.15, 0.2) is 0 Å². The van der Waals surface area contributed by atoms with Crippen molar-refractivity contribution in [3.05, 3.63) is 59.9 Å². The molecule has 6 heteroatoms. The molecule has 2 aromatic heterocycles. The van der Waals surface area contributed by atoms with Gasteiger partial charge in [-0.2, -0.15) is 5.10 Å². The molecule has 118 valence electrons. The molecule has 2 heterocycles. The highest BCUT2D eigenvalue weighted by Crippen LogP contribution is 2.30. The van der Waals surface area contributed by atoms with Crippen LogP contribution in [0.3, 0.4) is 0 Å². The highest BCUT2D eigenvalue weighted by Gasteiger charge is 2.09. The van der Waals surface area contributed by atoms with E-state index in [4.69, 9.17) is 4.98 Å². The summed E-state index contributed by atoms with van der Waals surface area (Å²) in [4.78, 5) is 9.09. The van der Waals surface area contributed by atoms with Crippen LogP contribution >= 0.6 is 0 Å². The van der Waals surface area contributed by atoms with Gasteiger partial charge in [0.2, 0.25) is 0 Å². The third-order valence-electron chi connectivity index (χ3n) is 3.98. The number of anilines is 2. The van der Waals surface area contributed by atoms with Crippen molar-refractivity contribution in [3.8, 4) is 0 Å². The lowest BCUT2D eigenvalue weighted by Crippen LogP contribution is -2.14. The fraction of sp³-hybridized carbons (Fsp3) is 0.111. The summed E-state index contributed by atoms with van der Waals surface area (Å²) in [7, 11) is 0. The maximum Gasteiger partial charge on any atom is 0.261 e.